The Labute approximate surface area is 126 Å². The molecule has 0 amide bonds. The minimum absolute atomic E-state index is 0.297. The molecule has 1 fully saturated rings. The predicted molar refractivity (Wildman–Crippen MR) is 84.9 cm³/mol. The number of nitrogens with one attached hydrogen (secondary N) is 2. The molecule has 1 saturated heterocycles. The zero-order chi connectivity index (χ0) is 14.5. The second-order valence-corrected chi connectivity index (χ2v) is 5.90. The van der Waals surface area contributed by atoms with E-state index in [0.29, 0.717) is 12.1 Å². The van der Waals surface area contributed by atoms with E-state index in [0.717, 1.165) is 25.5 Å². The first-order valence-corrected chi connectivity index (χ1v) is 7.83. The van der Waals surface area contributed by atoms with Crippen LogP contribution in [-0.2, 0) is 6.54 Å². The molecule has 1 aromatic heterocycles. The third-order valence-electron chi connectivity index (χ3n) is 4.25. The monoisotopic (exact) mass is 284 g/mol. The van der Waals surface area contributed by atoms with Gasteiger partial charge >= 0.3 is 0 Å². The van der Waals surface area contributed by atoms with E-state index >= 15 is 0 Å². The van der Waals surface area contributed by atoms with Crippen molar-refractivity contribution in [2.75, 3.05) is 13.1 Å². The van der Waals surface area contributed by atoms with E-state index in [1.165, 1.54) is 18.4 Å². The van der Waals surface area contributed by atoms with E-state index in [-0.39, 0.29) is 0 Å². The summed E-state index contributed by atoms with van der Waals surface area (Å²) in [6, 6.07) is 11.6. The first-order valence-electron chi connectivity index (χ1n) is 7.83. The highest BCUT2D eigenvalue weighted by molar-refractivity contribution is 5.14. The van der Waals surface area contributed by atoms with Crippen LogP contribution in [0.5, 0.6) is 0 Å². The van der Waals surface area contributed by atoms with Crippen molar-refractivity contribution in [3.63, 3.8) is 0 Å². The van der Waals surface area contributed by atoms with E-state index in [1.807, 2.05) is 12.4 Å². The molecular formula is C17H24N4. The number of aromatic amines is 1. The van der Waals surface area contributed by atoms with Crippen molar-refractivity contribution in [1.82, 2.24) is 20.2 Å². The Morgan fingerprint density at radius 3 is 2.71 bits per heavy atom. The highest BCUT2D eigenvalue weighted by Crippen LogP contribution is 2.16. The van der Waals surface area contributed by atoms with Crippen LogP contribution in [-0.4, -0.2) is 34.0 Å². The molecule has 3 rings (SSSR count). The molecule has 2 heterocycles. The van der Waals surface area contributed by atoms with Gasteiger partial charge in [-0.05, 0) is 38.4 Å². The van der Waals surface area contributed by atoms with Crippen molar-refractivity contribution >= 4 is 0 Å². The number of benzene rings is 1. The first-order chi connectivity index (χ1) is 10.3. The molecule has 0 bridgehead atoms. The van der Waals surface area contributed by atoms with Gasteiger partial charge in [-0.15, -0.1) is 0 Å². The lowest BCUT2D eigenvalue weighted by atomic mass is 10.0. The summed E-state index contributed by atoms with van der Waals surface area (Å²) in [7, 11) is 0. The number of piperidine rings is 1. The van der Waals surface area contributed by atoms with Gasteiger partial charge in [0, 0.05) is 25.0 Å². The standard InChI is InChI=1S/C17H24N4/c1-14(17-18-9-10-19-17)20-16-7-11-21(12-8-16)13-15-5-3-2-4-6-15/h2-6,9-10,14,16,20H,7-8,11-13H2,1H3,(H,18,19). The third-order valence-corrected chi connectivity index (χ3v) is 4.25. The molecule has 1 atom stereocenters. The topological polar surface area (TPSA) is 44.0 Å². The number of H-pyrrole nitrogens is 1. The maximum atomic E-state index is 4.32. The summed E-state index contributed by atoms with van der Waals surface area (Å²) in [5.41, 5.74) is 1.41. The Balaban J connectivity index is 1.45. The lowest BCUT2D eigenvalue weighted by Gasteiger charge is -2.33. The Hall–Kier alpha value is -1.65. The van der Waals surface area contributed by atoms with Crippen molar-refractivity contribution in [3.8, 4) is 0 Å². The van der Waals surface area contributed by atoms with Gasteiger partial charge in [0.05, 0.1) is 6.04 Å². The van der Waals surface area contributed by atoms with Crippen LogP contribution in [0.3, 0.4) is 0 Å². The summed E-state index contributed by atoms with van der Waals surface area (Å²) in [5, 5.41) is 3.69. The molecule has 1 aliphatic rings. The van der Waals surface area contributed by atoms with Crippen LogP contribution in [0.15, 0.2) is 42.7 Å². The van der Waals surface area contributed by atoms with E-state index in [4.69, 9.17) is 0 Å². The Bertz CT molecular complexity index is 515. The molecule has 112 valence electrons. The normalized spacial score (nSPS) is 18.7. The number of aromatic nitrogens is 2. The van der Waals surface area contributed by atoms with E-state index in [9.17, 15) is 0 Å². The smallest absolute Gasteiger partial charge is 0.122 e. The minimum Gasteiger partial charge on any atom is -0.347 e. The van der Waals surface area contributed by atoms with Gasteiger partial charge in [-0.1, -0.05) is 30.3 Å². The molecule has 2 N–H and O–H groups in total. The number of nitrogens with zero attached hydrogens (tertiary/aromatic N) is 2. The summed E-state index contributed by atoms with van der Waals surface area (Å²) in [6.07, 6.45) is 6.11. The highest BCUT2D eigenvalue weighted by atomic mass is 15.1. The van der Waals surface area contributed by atoms with E-state index < -0.39 is 0 Å². The Kier molecular flexibility index (Phi) is 4.68. The fourth-order valence-electron chi connectivity index (χ4n) is 3.05. The zero-order valence-electron chi connectivity index (χ0n) is 12.6. The minimum atomic E-state index is 0.297. The van der Waals surface area contributed by atoms with Crippen LogP contribution in [0.2, 0.25) is 0 Å². The number of hydrogen-bond donors (Lipinski definition) is 2. The second-order valence-electron chi connectivity index (χ2n) is 5.90. The van der Waals surface area contributed by atoms with Crippen LogP contribution in [0, 0.1) is 0 Å². The number of hydrogen-bond acceptors (Lipinski definition) is 3. The summed E-state index contributed by atoms with van der Waals surface area (Å²) in [4.78, 5) is 10.1. The van der Waals surface area contributed by atoms with Gasteiger partial charge in [-0.2, -0.15) is 0 Å². The van der Waals surface area contributed by atoms with Gasteiger partial charge in [-0.3, -0.25) is 4.90 Å². The molecular weight excluding hydrogens is 260 g/mol. The van der Waals surface area contributed by atoms with Gasteiger partial charge < -0.3 is 10.3 Å². The lowest BCUT2D eigenvalue weighted by molar-refractivity contribution is 0.184. The molecule has 0 aliphatic carbocycles. The molecule has 0 saturated carbocycles. The van der Waals surface area contributed by atoms with Crippen LogP contribution in [0.4, 0.5) is 0 Å². The highest BCUT2D eigenvalue weighted by Gasteiger charge is 2.21. The van der Waals surface area contributed by atoms with Gasteiger partial charge in [-0.25, -0.2) is 4.98 Å². The summed E-state index contributed by atoms with van der Waals surface area (Å²) >= 11 is 0. The van der Waals surface area contributed by atoms with E-state index in [1.54, 1.807) is 0 Å². The van der Waals surface area contributed by atoms with Crippen LogP contribution in [0.1, 0.15) is 37.2 Å². The predicted octanol–water partition coefficient (Wildman–Crippen LogP) is 2.72. The fraction of sp³-hybridized carbons (Fsp3) is 0.471. The molecule has 0 radical (unpaired) electrons. The average Bonchev–Trinajstić information content (AvgIpc) is 3.05. The van der Waals surface area contributed by atoms with Gasteiger partial charge in [0.1, 0.15) is 5.82 Å². The molecule has 1 aliphatic heterocycles. The van der Waals surface area contributed by atoms with Crippen molar-refractivity contribution in [3.05, 3.63) is 54.1 Å². The Morgan fingerprint density at radius 2 is 2.05 bits per heavy atom. The molecule has 1 aromatic carbocycles. The maximum absolute atomic E-state index is 4.32. The largest absolute Gasteiger partial charge is 0.347 e. The number of rotatable bonds is 5. The van der Waals surface area contributed by atoms with Crippen molar-refractivity contribution in [2.45, 2.75) is 38.4 Å². The van der Waals surface area contributed by atoms with Crippen molar-refractivity contribution in [1.29, 1.82) is 0 Å². The average molecular weight is 284 g/mol. The zero-order valence-corrected chi connectivity index (χ0v) is 12.6. The molecule has 1 unspecified atom stereocenters. The fourth-order valence-corrected chi connectivity index (χ4v) is 3.05. The van der Waals surface area contributed by atoms with Crippen LogP contribution >= 0.6 is 0 Å². The summed E-state index contributed by atoms with van der Waals surface area (Å²) in [5.74, 6) is 1.03. The van der Waals surface area contributed by atoms with Crippen molar-refractivity contribution < 1.29 is 0 Å². The van der Waals surface area contributed by atoms with E-state index in [2.05, 4.69) is 57.4 Å². The number of likely N-dealkylation sites (tertiary alicyclic amines) is 1. The molecule has 0 spiro atoms. The summed E-state index contributed by atoms with van der Waals surface area (Å²) in [6.45, 7) is 5.57. The summed E-state index contributed by atoms with van der Waals surface area (Å²) < 4.78 is 0. The molecule has 21 heavy (non-hydrogen) atoms. The first kappa shape index (κ1) is 14.3. The molecule has 4 heteroatoms. The quantitative estimate of drug-likeness (QED) is 0.887. The SMILES string of the molecule is CC(NC1CCN(Cc2ccccc2)CC1)c1ncc[nH]1. The van der Waals surface area contributed by atoms with Gasteiger partial charge in [0.25, 0.3) is 0 Å². The Morgan fingerprint density at radius 1 is 1.29 bits per heavy atom. The molecule has 4 nitrogen and oxygen atoms in total. The maximum Gasteiger partial charge on any atom is 0.122 e. The van der Waals surface area contributed by atoms with Gasteiger partial charge in [0.2, 0.25) is 0 Å². The van der Waals surface area contributed by atoms with Crippen LogP contribution in [0.25, 0.3) is 0 Å². The lowest BCUT2D eigenvalue weighted by Crippen LogP contribution is -2.43. The van der Waals surface area contributed by atoms with Crippen molar-refractivity contribution in [2.24, 2.45) is 0 Å². The van der Waals surface area contributed by atoms with Gasteiger partial charge in [0.15, 0.2) is 0 Å². The third kappa shape index (κ3) is 3.93. The number of imidazole rings is 1. The molecule has 2 aromatic rings. The van der Waals surface area contributed by atoms with Crippen LogP contribution < -0.4 is 5.32 Å². The second kappa shape index (κ2) is 6.87.